The maximum atomic E-state index is 13.8. The van der Waals surface area contributed by atoms with Gasteiger partial charge in [-0.2, -0.15) is 12.7 Å². The lowest BCUT2D eigenvalue weighted by atomic mass is 10.1. The standard InChI is InChI=1S/C25H34Cl2N4O4S/c1-16(2)28-25(33)19(5)30(14-20-10-11-21(26)13-22(20)27)24(32)15-31(36(34,35)29(6)7)23-12-17(3)8-9-18(23)4/h8-13,16,19H,14-15H2,1-7H3,(H,28,33)/t19-/m0/s1. The second-order valence-electron chi connectivity index (χ2n) is 9.18. The lowest BCUT2D eigenvalue weighted by Crippen LogP contribution is -2.53. The fourth-order valence-corrected chi connectivity index (χ4v) is 5.09. The molecule has 36 heavy (non-hydrogen) atoms. The van der Waals surface area contributed by atoms with Gasteiger partial charge in [-0.3, -0.25) is 9.59 Å². The van der Waals surface area contributed by atoms with E-state index in [1.54, 1.807) is 44.2 Å². The highest BCUT2D eigenvalue weighted by atomic mass is 35.5. The number of aryl methyl sites for hydroxylation is 2. The maximum absolute atomic E-state index is 13.8. The third-order valence-electron chi connectivity index (χ3n) is 5.61. The fraction of sp³-hybridized carbons (Fsp3) is 0.440. The van der Waals surface area contributed by atoms with Crippen LogP contribution in [0.15, 0.2) is 36.4 Å². The average Bonchev–Trinajstić information content (AvgIpc) is 2.77. The quantitative estimate of drug-likeness (QED) is 0.475. The Morgan fingerprint density at radius 3 is 2.19 bits per heavy atom. The molecule has 1 N–H and O–H groups in total. The van der Waals surface area contributed by atoms with Gasteiger partial charge in [-0.25, -0.2) is 4.31 Å². The van der Waals surface area contributed by atoms with Crippen LogP contribution >= 0.6 is 23.2 Å². The number of nitrogens with one attached hydrogen (secondary N) is 1. The van der Waals surface area contributed by atoms with Gasteiger partial charge in [0.2, 0.25) is 11.8 Å². The predicted octanol–water partition coefficient (Wildman–Crippen LogP) is 4.16. The van der Waals surface area contributed by atoms with Crippen LogP contribution in [0, 0.1) is 13.8 Å². The Kier molecular flexibility index (Phi) is 10.2. The van der Waals surface area contributed by atoms with Crippen molar-refractivity contribution in [3.05, 3.63) is 63.1 Å². The molecule has 0 unspecified atom stereocenters. The molecule has 2 amide bonds. The molecule has 0 radical (unpaired) electrons. The Labute approximate surface area is 224 Å². The molecule has 198 valence electrons. The van der Waals surface area contributed by atoms with Gasteiger partial charge in [-0.05, 0) is 69.5 Å². The van der Waals surface area contributed by atoms with Crippen molar-refractivity contribution < 1.29 is 18.0 Å². The number of carbonyl (C=O) groups excluding carboxylic acids is 2. The molecule has 0 saturated carbocycles. The molecule has 0 fully saturated rings. The van der Waals surface area contributed by atoms with Crippen molar-refractivity contribution in [1.29, 1.82) is 0 Å². The van der Waals surface area contributed by atoms with Gasteiger partial charge in [0, 0.05) is 36.7 Å². The highest BCUT2D eigenvalue weighted by molar-refractivity contribution is 7.90. The second-order valence-corrected chi connectivity index (χ2v) is 12.1. The summed E-state index contributed by atoms with van der Waals surface area (Å²) in [7, 11) is -1.23. The number of hydrogen-bond acceptors (Lipinski definition) is 4. The van der Waals surface area contributed by atoms with E-state index in [1.165, 1.54) is 19.0 Å². The molecule has 0 aliphatic rings. The number of amides is 2. The predicted molar refractivity (Wildman–Crippen MR) is 146 cm³/mol. The Morgan fingerprint density at radius 2 is 1.64 bits per heavy atom. The second kappa shape index (κ2) is 12.3. The molecular weight excluding hydrogens is 523 g/mol. The first-order chi connectivity index (χ1) is 16.6. The first-order valence-corrected chi connectivity index (χ1v) is 13.6. The normalized spacial score (nSPS) is 12.5. The first-order valence-electron chi connectivity index (χ1n) is 11.5. The van der Waals surface area contributed by atoms with Gasteiger partial charge in [-0.15, -0.1) is 0 Å². The Hall–Kier alpha value is -2.33. The van der Waals surface area contributed by atoms with Crippen molar-refractivity contribution >= 4 is 50.9 Å². The van der Waals surface area contributed by atoms with Gasteiger partial charge in [0.25, 0.3) is 0 Å². The van der Waals surface area contributed by atoms with Crippen LogP contribution in [0.4, 0.5) is 5.69 Å². The molecule has 2 aromatic rings. The van der Waals surface area contributed by atoms with Gasteiger partial charge in [0.05, 0.1) is 5.69 Å². The number of rotatable bonds is 10. The minimum Gasteiger partial charge on any atom is -0.352 e. The zero-order chi connectivity index (χ0) is 27.4. The zero-order valence-corrected chi connectivity index (χ0v) is 24.0. The summed E-state index contributed by atoms with van der Waals surface area (Å²) in [6.45, 7) is 8.35. The number of hydrogen-bond donors (Lipinski definition) is 1. The van der Waals surface area contributed by atoms with Crippen molar-refractivity contribution in [2.75, 3.05) is 24.9 Å². The van der Waals surface area contributed by atoms with E-state index in [0.29, 0.717) is 26.9 Å². The maximum Gasteiger partial charge on any atom is 0.304 e. The smallest absolute Gasteiger partial charge is 0.304 e. The number of benzene rings is 2. The van der Waals surface area contributed by atoms with E-state index in [0.717, 1.165) is 14.2 Å². The van der Waals surface area contributed by atoms with E-state index >= 15 is 0 Å². The molecule has 0 spiro atoms. The molecule has 11 heteroatoms. The third-order valence-corrected chi connectivity index (χ3v) is 8.00. The zero-order valence-electron chi connectivity index (χ0n) is 21.7. The number of nitrogens with zero attached hydrogens (tertiary/aromatic N) is 3. The Bertz CT molecular complexity index is 1220. The van der Waals surface area contributed by atoms with Crippen molar-refractivity contribution in [2.24, 2.45) is 0 Å². The molecule has 0 aromatic heterocycles. The van der Waals surface area contributed by atoms with Crippen molar-refractivity contribution in [2.45, 2.75) is 53.2 Å². The Balaban J connectivity index is 2.54. The molecule has 0 bridgehead atoms. The lowest BCUT2D eigenvalue weighted by molar-refractivity contribution is -0.139. The summed E-state index contributed by atoms with van der Waals surface area (Å²) in [6, 6.07) is 9.23. The number of carbonyl (C=O) groups is 2. The SMILES string of the molecule is Cc1ccc(C)c(N(CC(=O)N(Cc2ccc(Cl)cc2Cl)[C@@H](C)C(=O)NC(C)C)S(=O)(=O)N(C)C)c1. The van der Waals surface area contributed by atoms with Crippen LogP contribution in [0.1, 0.15) is 37.5 Å². The van der Waals surface area contributed by atoms with Crippen LogP contribution < -0.4 is 9.62 Å². The molecule has 0 saturated heterocycles. The largest absolute Gasteiger partial charge is 0.352 e. The van der Waals surface area contributed by atoms with Crippen LogP contribution in [0.3, 0.4) is 0 Å². The summed E-state index contributed by atoms with van der Waals surface area (Å²) in [5.41, 5.74) is 2.50. The fourth-order valence-electron chi connectivity index (χ4n) is 3.51. The molecule has 2 rings (SSSR count). The molecule has 0 aliphatic heterocycles. The van der Waals surface area contributed by atoms with Crippen molar-refractivity contribution in [3.63, 3.8) is 0 Å². The van der Waals surface area contributed by atoms with Crippen LogP contribution in [0.25, 0.3) is 0 Å². The summed E-state index contributed by atoms with van der Waals surface area (Å²) in [6.07, 6.45) is 0. The van der Waals surface area contributed by atoms with Gasteiger partial charge in [0.15, 0.2) is 0 Å². The van der Waals surface area contributed by atoms with Crippen LogP contribution in [-0.4, -0.2) is 62.2 Å². The van der Waals surface area contributed by atoms with Crippen LogP contribution in [0.5, 0.6) is 0 Å². The van der Waals surface area contributed by atoms with E-state index in [4.69, 9.17) is 23.2 Å². The molecule has 0 aliphatic carbocycles. The Morgan fingerprint density at radius 1 is 1.00 bits per heavy atom. The van der Waals surface area contributed by atoms with Crippen LogP contribution in [-0.2, 0) is 26.3 Å². The molecule has 8 nitrogen and oxygen atoms in total. The molecular formula is C25H34Cl2N4O4S. The van der Waals surface area contributed by atoms with Crippen molar-refractivity contribution in [1.82, 2.24) is 14.5 Å². The summed E-state index contributed by atoms with van der Waals surface area (Å²) < 4.78 is 28.8. The minimum absolute atomic E-state index is 0.00975. The number of anilines is 1. The molecule has 2 aromatic carbocycles. The first kappa shape index (κ1) is 29.9. The summed E-state index contributed by atoms with van der Waals surface area (Å²) >= 11 is 12.4. The van der Waals surface area contributed by atoms with E-state index in [9.17, 15) is 18.0 Å². The summed E-state index contributed by atoms with van der Waals surface area (Å²) in [5.74, 6) is -0.920. The molecule has 1 atom stereocenters. The van der Waals surface area contributed by atoms with Gasteiger partial charge < -0.3 is 10.2 Å². The van der Waals surface area contributed by atoms with E-state index in [-0.39, 0.29) is 18.5 Å². The molecule has 0 heterocycles. The number of halogens is 2. The topological polar surface area (TPSA) is 90.0 Å². The van der Waals surface area contributed by atoms with E-state index < -0.39 is 28.7 Å². The minimum atomic E-state index is -4.04. The van der Waals surface area contributed by atoms with Crippen molar-refractivity contribution in [3.8, 4) is 0 Å². The highest BCUT2D eigenvalue weighted by Gasteiger charge is 2.33. The summed E-state index contributed by atoms with van der Waals surface area (Å²) in [5, 5.41) is 3.58. The van der Waals surface area contributed by atoms with Gasteiger partial charge in [0.1, 0.15) is 12.6 Å². The lowest BCUT2D eigenvalue weighted by Gasteiger charge is -2.33. The van der Waals surface area contributed by atoms with E-state index in [1.807, 2.05) is 26.8 Å². The van der Waals surface area contributed by atoms with E-state index in [2.05, 4.69) is 5.32 Å². The highest BCUT2D eigenvalue weighted by Crippen LogP contribution is 2.27. The van der Waals surface area contributed by atoms with Gasteiger partial charge >= 0.3 is 10.2 Å². The monoisotopic (exact) mass is 556 g/mol. The summed E-state index contributed by atoms with van der Waals surface area (Å²) in [4.78, 5) is 28.0. The average molecular weight is 558 g/mol. The van der Waals surface area contributed by atoms with Gasteiger partial charge in [-0.1, -0.05) is 41.4 Å². The van der Waals surface area contributed by atoms with Crippen LogP contribution in [0.2, 0.25) is 10.0 Å². The third kappa shape index (κ3) is 7.35.